The van der Waals surface area contributed by atoms with Gasteiger partial charge < -0.3 is 0 Å². The van der Waals surface area contributed by atoms with E-state index in [4.69, 9.17) is 4.84 Å². The molecule has 110 valence electrons. The van der Waals surface area contributed by atoms with Crippen LogP contribution < -0.4 is 5.48 Å². The largest absolute Gasteiger partial charge is 0.272 e. The number of rotatable bonds is 5. The summed E-state index contributed by atoms with van der Waals surface area (Å²) >= 11 is 3.40. The molecule has 0 aromatic heterocycles. The van der Waals surface area contributed by atoms with E-state index in [9.17, 15) is 4.79 Å². The van der Waals surface area contributed by atoms with Crippen LogP contribution in [0, 0.1) is 0 Å². The number of halogens is 1. The summed E-state index contributed by atoms with van der Waals surface area (Å²) in [5, 5.41) is 0. The van der Waals surface area contributed by atoms with Crippen molar-refractivity contribution in [3.05, 3.63) is 70.2 Å². The molecular weight excluding hydrogens is 330 g/mol. The Balaban J connectivity index is 1.93. The van der Waals surface area contributed by atoms with Gasteiger partial charge in [0.2, 0.25) is 0 Å². The molecule has 0 atom stereocenters. The number of amides is 1. The molecule has 0 bridgehead atoms. The molecule has 3 nitrogen and oxygen atoms in total. The van der Waals surface area contributed by atoms with Crippen molar-refractivity contribution in [3.8, 4) is 0 Å². The van der Waals surface area contributed by atoms with E-state index < -0.39 is 5.41 Å². The molecule has 0 saturated heterocycles. The maximum atomic E-state index is 12.3. The maximum absolute atomic E-state index is 12.3. The summed E-state index contributed by atoms with van der Waals surface area (Å²) in [7, 11) is 0. The van der Waals surface area contributed by atoms with E-state index in [2.05, 4.69) is 21.4 Å². The molecule has 1 N–H and O–H groups in total. The molecule has 0 aliphatic heterocycles. The van der Waals surface area contributed by atoms with Crippen molar-refractivity contribution in [3.63, 3.8) is 0 Å². The van der Waals surface area contributed by atoms with E-state index in [0.29, 0.717) is 6.61 Å². The highest BCUT2D eigenvalue weighted by Gasteiger charge is 2.29. The highest BCUT2D eigenvalue weighted by Crippen LogP contribution is 2.23. The first-order chi connectivity index (χ1) is 10.00. The van der Waals surface area contributed by atoms with Crippen molar-refractivity contribution in [2.75, 3.05) is 0 Å². The molecule has 0 unspecified atom stereocenters. The summed E-state index contributed by atoms with van der Waals surface area (Å²) in [5.74, 6) is -0.163. The molecule has 21 heavy (non-hydrogen) atoms. The lowest BCUT2D eigenvalue weighted by Gasteiger charge is -2.23. The van der Waals surface area contributed by atoms with Crippen molar-refractivity contribution in [2.45, 2.75) is 25.9 Å². The van der Waals surface area contributed by atoms with Crippen LogP contribution in [0.5, 0.6) is 0 Å². The first-order valence-electron chi connectivity index (χ1n) is 6.72. The lowest BCUT2D eigenvalue weighted by atomic mass is 9.84. The zero-order chi connectivity index (χ0) is 15.3. The third-order valence-electron chi connectivity index (χ3n) is 3.36. The van der Waals surface area contributed by atoms with E-state index in [0.717, 1.165) is 15.6 Å². The van der Waals surface area contributed by atoms with Gasteiger partial charge in [-0.15, -0.1) is 0 Å². The Morgan fingerprint density at radius 2 is 1.86 bits per heavy atom. The topological polar surface area (TPSA) is 38.3 Å². The molecule has 2 aromatic rings. The maximum Gasteiger partial charge on any atom is 0.253 e. The van der Waals surface area contributed by atoms with Crippen LogP contribution >= 0.6 is 15.9 Å². The average molecular weight is 348 g/mol. The van der Waals surface area contributed by atoms with Crippen LogP contribution in [0.25, 0.3) is 0 Å². The lowest BCUT2D eigenvalue weighted by Crippen LogP contribution is -2.39. The number of hydroxylamine groups is 1. The molecule has 0 saturated carbocycles. The summed E-state index contributed by atoms with van der Waals surface area (Å²) in [6, 6.07) is 17.4. The van der Waals surface area contributed by atoms with Gasteiger partial charge in [-0.05, 0) is 37.1 Å². The van der Waals surface area contributed by atoms with Crippen LogP contribution in [-0.2, 0) is 21.7 Å². The van der Waals surface area contributed by atoms with E-state index >= 15 is 0 Å². The van der Waals surface area contributed by atoms with Gasteiger partial charge in [0, 0.05) is 4.47 Å². The third kappa shape index (κ3) is 4.16. The Morgan fingerprint density at radius 3 is 2.52 bits per heavy atom. The SMILES string of the molecule is CC(C)(C(=O)NOCc1cccc(Br)c1)c1ccccc1. The van der Waals surface area contributed by atoms with Crippen LogP contribution in [0.3, 0.4) is 0 Å². The fraction of sp³-hybridized carbons (Fsp3) is 0.235. The quantitative estimate of drug-likeness (QED) is 0.831. The molecule has 0 aliphatic carbocycles. The molecule has 2 rings (SSSR count). The second-order valence-electron chi connectivity index (χ2n) is 5.34. The van der Waals surface area contributed by atoms with Crippen molar-refractivity contribution < 1.29 is 9.63 Å². The van der Waals surface area contributed by atoms with Crippen LogP contribution in [0.4, 0.5) is 0 Å². The van der Waals surface area contributed by atoms with Crippen LogP contribution in [-0.4, -0.2) is 5.91 Å². The minimum atomic E-state index is -0.640. The van der Waals surface area contributed by atoms with Gasteiger partial charge in [0.25, 0.3) is 5.91 Å². The summed E-state index contributed by atoms with van der Waals surface area (Å²) in [6.45, 7) is 4.08. The molecule has 2 aromatic carbocycles. The highest BCUT2D eigenvalue weighted by molar-refractivity contribution is 9.10. The molecule has 0 radical (unpaired) electrons. The number of nitrogens with one attached hydrogen (secondary N) is 1. The van der Waals surface area contributed by atoms with Gasteiger partial charge in [-0.2, -0.15) is 0 Å². The van der Waals surface area contributed by atoms with Gasteiger partial charge in [0.1, 0.15) is 0 Å². The Labute approximate surface area is 133 Å². The van der Waals surface area contributed by atoms with Crippen molar-refractivity contribution in [2.24, 2.45) is 0 Å². The lowest BCUT2D eigenvalue weighted by molar-refractivity contribution is -0.139. The van der Waals surface area contributed by atoms with Crippen LogP contribution in [0.2, 0.25) is 0 Å². The van der Waals surface area contributed by atoms with Gasteiger partial charge in [-0.25, -0.2) is 5.48 Å². The molecular formula is C17H18BrNO2. The number of carbonyl (C=O) groups excluding carboxylic acids is 1. The van der Waals surface area contributed by atoms with Crippen LogP contribution in [0.15, 0.2) is 59.1 Å². The standard InChI is InChI=1S/C17H18BrNO2/c1-17(2,14-8-4-3-5-9-14)16(20)19-21-12-13-7-6-10-15(18)11-13/h3-11H,12H2,1-2H3,(H,19,20). The molecule has 0 fully saturated rings. The van der Waals surface area contributed by atoms with E-state index in [1.807, 2.05) is 68.4 Å². The molecule has 0 heterocycles. The Morgan fingerprint density at radius 1 is 1.14 bits per heavy atom. The summed E-state index contributed by atoms with van der Waals surface area (Å²) in [4.78, 5) is 17.6. The van der Waals surface area contributed by atoms with Gasteiger partial charge >= 0.3 is 0 Å². The van der Waals surface area contributed by atoms with Crippen molar-refractivity contribution in [1.82, 2.24) is 5.48 Å². The summed E-state index contributed by atoms with van der Waals surface area (Å²) in [5.41, 5.74) is 3.84. The molecule has 0 aliphatic rings. The molecule has 1 amide bonds. The first-order valence-corrected chi connectivity index (χ1v) is 7.51. The van der Waals surface area contributed by atoms with Crippen molar-refractivity contribution in [1.29, 1.82) is 0 Å². The predicted octanol–water partition coefficient (Wildman–Crippen LogP) is 3.97. The summed E-state index contributed by atoms with van der Waals surface area (Å²) < 4.78 is 0.986. The van der Waals surface area contributed by atoms with Crippen molar-refractivity contribution >= 4 is 21.8 Å². The Bertz CT molecular complexity index is 611. The third-order valence-corrected chi connectivity index (χ3v) is 3.85. The van der Waals surface area contributed by atoms with Gasteiger partial charge in [0.05, 0.1) is 12.0 Å². The smallest absolute Gasteiger partial charge is 0.253 e. The summed E-state index contributed by atoms with van der Waals surface area (Å²) in [6.07, 6.45) is 0. The second-order valence-corrected chi connectivity index (χ2v) is 6.26. The Kier molecular flexibility index (Phi) is 5.15. The fourth-order valence-corrected chi connectivity index (χ4v) is 2.37. The number of carbonyl (C=O) groups is 1. The zero-order valence-corrected chi connectivity index (χ0v) is 13.7. The zero-order valence-electron chi connectivity index (χ0n) is 12.1. The average Bonchev–Trinajstić information content (AvgIpc) is 2.48. The van der Waals surface area contributed by atoms with Crippen LogP contribution in [0.1, 0.15) is 25.0 Å². The molecule has 0 spiro atoms. The molecule has 4 heteroatoms. The van der Waals surface area contributed by atoms with Gasteiger partial charge in [-0.3, -0.25) is 9.63 Å². The fourth-order valence-electron chi connectivity index (χ4n) is 1.93. The van der Waals surface area contributed by atoms with Gasteiger partial charge in [-0.1, -0.05) is 58.4 Å². The van der Waals surface area contributed by atoms with E-state index in [1.54, 1.807) is 0 Å². The highest BCUT2D eigenvalue weighted by atomic mass is 79.9. The Hall–Kier alpha value is -1.65. The minimum absolute atomic E-state index is 0.163. The number of hydrogen-bond donors (Lipinski definition) is 1. The second kappa shape index (κ2) is 6.87. The van der Waals surface area contributed by atoms with E-state index in [1.165, 1.54) is 0 Å². The predicted molar refractivity (Wildman–Crippen MR) is 86.5 cm³/mol. The number of benzene rings is 2. The monoisotopic (exact) mass is 347 g/mol. The number of hydrogen-bond acceptors (Lipinski definition) is 2. The van der Waals surface area contributed by atoms with Gasteiger partial charge in [0.15, 0.2) is 0 Å². The van der Waals surface area contributed by atoms with E-state index in [-0.39, 0.29) is 5.91 Å². The first kappa shape index (κ1) is 15.7. The minimum Gasteiger partial charge on any atom is -0.272 e. The normalized spacial score (nSPS) is 11.2.